The van der Waals surface area contributed by atoms with Gasteiger partial charge in [-0.25, -0.2) is 9.97 Å². The number of hydrogen-bond acceptors (Lipinski definition) is 5. The zero-order valence-corrected chi connectivity index (χ0v) is 15.1. The smallest absolute Gasteiger partial charge is 0.228 e. The van der Waals surface area contributed by atoms with E-state index >= 15 is 0 Å². The zero-order valence-electron chi connectivity index (χ0n) is 15.1. The van der Waals surface area contributed by atoms with Crippen molar-refractivity contribution < 1.29 is 9.59 Å². The molecule has 2 amide bonds. The molecule has 3 heterocycles. The van der Waals surface area contributed by atoms with Crippen LogP contribution < -0.4 is 10.6 Å². The molecule has 4 rings (SSSR count). The molecule has 1 aliphatic carbocycles. The monoisotopic (exact) mass is 355 g/mol. The van der Waals surface area contributed by atoms with Crippen molar-refractivity contribution in [1.82, 2.24) is 20.2 Å². The molecule has 1 fully saturated rings. The van der Waals surface area contributed by atoms with Gasteiger partial charge in [-0.1, -0.05) is 12.2 Å². The van der Waals surface area contributed by atoms with Crippen molar-refractivity contribution in [2.24, 2.45) is 5.92 Å². The summed E-state index contributed by atoms with van der Waals surface area (Å²) in [4.78, 5) is 35.3. The van der Waals surface area contributed by atoms with Gasteiger partial charge in [0.25, 0.3) is 0 Å². The Morgan fingerprint density at radius 3 is 2.73 bits per heavy atom. The lowest BCUT2D eigenvalue weighted by atomic mass is 10.1. The van der Waals surface area contributed by atoms with Gasteiger partial charge in [0.15, 0.2) is 0 Å². The van der Waals surface area contributed by atoms with Gasteiger partial charge in [-0.2, -0.15) is 0 Å². The van der Waals surface area contributed by atoms with Gasteiger partial charge in [-0.3, -0.25) is 9.59 Å². The van der Waals surface area contributed by atoms with Gasteiger partial charge in [0, 0.05) is 44.1 Å². The van der Waals surface area contributed by atoms with Gasteiger partial charge >= 0.3 is 0 Å². The van der Waals surface area contributed by atoms with E-state index in [4.69, 9.17) is 0 Å². The van der Waals surface area contributed by atoms with Crippen molar-refractivity contribution in [3.63, 3.8) is 0 Å². The van der Waals surface area contributed by atoms with E-state index < -0.39 is 0 Å². The maximum Gasteiger partial charge on any atom is 0.228 e. The molecule has 2 N–H and O–H groups in total. The standard InChI is InChI=1S/C19H25N5O2/c1-12-21-16-7-9-24(19(26)13-10-17(25)20-11-13)8-6-15(16)18(22-12)23-14-4-2-3-5-14/h2-3,13-14H,4-11H2,1H3,(H,20,25)(H,21,22,23)/t13-/m0/s1. The van der Waals surface area contributed by atoms with Gasteiger partial charge in [0.2, 0.25) is 11.8 Å². The summed E-state index contributed by atoms with van der Waals surface area (Å²) >= 11 is 0. The molecule has 3 aliphatic rings. The molecule has 0 saturated carbocycles. The Balaban J connectivity index is 1.50. The van der Waals surface area contributed by atoms with E-state index in [1.807, 2.05) is 11.8 Å². The Bertz CT molecular complexity index is 753. The van der Waals surface area contributed by atoms with Crippen LogP contribution in [0.15, 0.2) is 12.2 Å². The van der Waals surface area contributed by atoms with Crippen LogP contribution in [-0.2, 0) is 22.4 Å². The van der Waals surface area contributed by atoms with Crippen molar-refractivity contribution in [3.8, 4) is 0 Å². The fourth-order valence-corrected chi connectivity index (χ4v) is 4.03. The van der Waals surface area contributed by atoms with Crippen LogP contribution in [-0.4, -0.2) is 52.4 Å². The van der Waals surface area contributed by atoms with Gasteiger partial charge in [0.05, 0.1) is 11.6 Å². The minimum atomic E-state index is -0.223. The fraction of sp³-hybridized carbons (Fsp3) is 0.579. The molecule has 1 atom stereocenters. The summed E-state index contributed by atoms with van der Waals surface area (Å²) < 4.78 is 0. The number of rotatable bonds is 3. The topological polar surface area (TPSA) is 87.2 Å². The minimum Gasteiger partial charge on any atom is -0.366 e. The van der Waals surface area contributed by atoms with Crippen LogP contribution >= 0.6 is 0 Å². The summed E-state index contributed by atoms with van der Waals surface area (Å²) in [5.41, 5.74) is 2.18. The van der Waals surface area contributed by atoms with Crippen LogP contribution in [0.3, 0.4) is 0 Å². The van der Waals surface area contributed by atoms with E-state index in [1.54, 1.807) is 0 Å². The maximum absolute atomic E-state index is 12.8. The first-order chi connectivity index (χ1) is 12.6. The molecule has 7 nitrogen and oxygen atoms in total. The third-order valence-electron chi connectivity index (χ3n) is 5.44. The highest BCUT2D eigenvalue weighted by molar-refractivity contribution is 5.89. The number of amides is 2. The summed E-state index contributed by atoms with van der Waals surface area (Å²) in [7, 11) is 0. The lowest BCUT2D eigenvalue weighted by molar-refractivity contribution is -0.135. The van der Waals surface area contributed by atoms with E-state index in [-0.39, 0.29) is 17.7 Å². The van der Waals surface area contributed by atoms with Crippen LogP contribution in [0.5, 0.6) is 0 Å². The first-order valence-corrected chi connectivity index (χ1v) is 9.43. The first kappa shape index (κ1) is 17.0. The van der Waals surface area contributed by atoms with Crippen LogP contribution in [0.1, 0.15) is 36.3 Å². The molecule has 26 heavy (non-hydrogen) atoms. The average molecular weight is 355 g/mol. The number of nitrogens with one attached hydrogen (secondary N) is 2. The maximum atomic E-state index is 12.8. The highest BCUT2D eigenvalue weighted by atomic mass is 16.2. The number of hydrogen-bond donors (Lipinski definition) is 2. The van der Waals surface area contributed by atoms with Crippen molar-refractivity contribution in [1.29, 1.82) is 0 Å². The second-order valence-corrected chi connectivity index (χ2v) is 7.36. The molecule has 1 aromatic heterocycles. The van der Waals surface area contributed by atoms with Crippen molar-refractivity contribution in [2.75, 3.05) is 25.0 Å². The second kappa shape index (κ2) is 7.05. The number of aryl methyl sites for hydroxylation is 1. The number of carbonyl (C=O) groups is 2. The second-order valence-electron chi connectivity index (χ2n) is 7.36. The SMILES string of the molecule is Cc1nc2c(c(NC3CC=CC3)n1)CCN(C(=O)[C@@H]1CNC(=O)C1)CC2. The predicted octanol–water partition coefficient (Wildman–Crippen LogP) is 0.979. The lowest BCUT2D eigenvalue weighted by Crippen LogP contribution is -2.38. The zero-order chi connectivity index (χ0) is 18.1. The number of aromatic nitrogens is 2. The lowest BCUT2D eigenvalue weighted by Gasteiger charge is -2.23. The normalized spacial score (nSPS) is 22.9. The first-order valence-electron chi connectivity index (χ1n) is 9.43. The summed E-state index contributed by atoms with van der Waals surface area (Å²) in [6, 6.07) is 0.393. The minimum absolute atomic E-state index is 0.0281. The predicted molar refractivity (Wildman–Crippen MR) is 97.7 cm³/mol. The molecule has 0 radical (unpaired) electrons. The average Bonchev–Trinajstić information content (AvgIpc) is 3.22. The molecule has 0 unspecified atom stereocenters. The Labute approximate surface area is 153 Å². The highest BCUT2D eigenvalue weighted by Crippen LogP contribution is 2.25. The largest absolute Gasteiger partial charge is 0.366 e. The molecular weight excluding hydrogens is 330 g/mol. The summed E-state index contributed by atoms with van der Waals surface area (Å²) in [6.45, 7) is 3.68. The van der Waals surface area contributed by atoms with E-state index in [0.29, 0.717) is 32.1 Å². The van der Waals surface area contributed by atoms with Crippen molar-refractivity contribution in [2.45, 2.75) is 45.1 Å². The molecule has 0 aromatic carbocycles. The Morgan fingerprint density at radius 2 is 2.00 bits per heavy atom. The van der Waals surface area contributed by atoms with Crippen molar-refractivity contribution >= 4 is 17.6 Å². The summed E-state index contributed by atoms with van der Waals surface area (Å²) in [5, 5.41) is 6.33. The Hall–Kier alpha value is -2.44. The third-order valence-corrected chi connectivity index (χ3v) is 5.44. The van der Waals surface area contributed by atoms with Gasteiger partial charge in [0.1, 0.15) is 11.6 Å². The molecule has 2 aliphatic heterocycles. The number of anilines is 1. The van der Waals surface area contributed by atoms with Crippen molar-refractivity contribution in [3.05, 3.63) is 29.2 Å². The van der Waals surface area contributed by atoms with Crippen LogP contribution in [0.25, 0.3) is 0 Å². The summed E-state index contributed by atoms with van der Waals surface area (Å²) in [6.07, 6.45) is 8.22. The van der Waals surface area contributed by atoms with Gasteiger partial charge < -0.3 is 15.5 Å². The molecule has 1 aromatic rings. The highest BCUT2D eigenvalue weighted by Gasteiger charge is 2.32. The van der Waals surface area contributed by atoms with Crippen LogP contribution in [0.2, 0.25) is 0 Å². The Morgan fingerprint density at radius 1 is 1.23 bits per heavy atom. The van der Waals surface area contributed by atoms with E-state index in [1.165, 1.54) is 0 Å². The number of nitrogens with zero attached hydrogens (tertiary/aromatic N) is 3. The fourth-order valence-electron chi connectivity index (χ4n) is 4.03. The Kier molecular flexibility index (Phi) is 4.61. The molecule has 0 bridgehead atoms. The van der Waals surface area contributed by atoms with E-state index in [2.05, 4.69) is 32.8 Å². The third kappa shape index (κ3) is 3.43. The van der Waals surface area contributed by atoms with E-state index in [0.717, 1.165) is 48.6 Å². The molecule has 7 heteroatoms. The van der Waals surface area contributed by atoms with Gasteiger partial charge in [-0.05, 0) is 26.2 Å². The number of carbonyl (C=O) groups excluding carboxylic acids is 2. The van der Waals surface area contributed by atoms with Gasteiger partial charge in [-0.15, -0.1) is 0 Å². The van der Waals surface area contributed by atoms with E-state index in [9.17, 15) is 9.59 Å². The molecule has 1 saturated heterocycles. The number of fused-ring (bicyclic) bond motifs is 1. The quantitative estimate of drug-likeness (QED) is 0.789. The van der Waals surface area contributed by atoms with Crippen LogP contribution in [0.4, 0.5) is 5.82 Å². The molecule has 138 valence electrons. The van der Waals surface area contributed by atoms with Crippen LogP contribution in [0, 0.1) is 12.8 Å². The molecule has 0 spiro atoms. The summed E-state index contributed by atoms with van der Waals surface area (Å²) in [5.74, 6) is 1.52. The molecular formula is C19H25N5O2.